The zero-order valence-electron chi connectivity index (χ0n) is 17.3. The Hall–Kier alpha value is -2.22. The second-order valence-electron chi connectivity index (χ2n) is 7.52. The van der Waals surface area contributed by atoms with Crippen LogP contribution >= 0.6 is 11.8 Å². The summed E-state index contributed by atoms with van der Waals surface area (Å²) in [6.45, 7) is 4.39. The Labute approximate surface area is 176 Å². The van der Waals surface area contributed by atoms with E-state index in [1.165, 1.54) is 48.5 Å². The van der Waals surface area contributed by atoms with Crippen LogP contribution in [0.25, 0.3) is 0 Å². The normalized spacial score (nSPS) is 15.8. The van der Waals surface area contributed by atoms with E-state index in [0.717, 1.165) is 36.0 Å². The van der Waals surface area contributed by atoms with Gasteiger partial charge >= 0.3 is 0 Å². The van der Waals surface area contributed by atoms with Gasteiger partial charge in [-0.1, -0.05) is 43.9 Å². The largest absolute Gasteiger partial charge is 0.494 e. The molecule has 7 nitrogen and oxygen atoms in total. The van der Waals surface area contributed by atoms with Crippen molar-refractivity contribution in [3.8, 4) is 5.75 Å². The Morgan fingerprint density at radius 2 is 2.00 bits per heavy atom. The number of carbonyl (C=O) groups is 1. The van der Waals surface area contributed by atoms with E-state index in [9.17, 15) is 4.79 Å². The predicted octanol–water partition coefficient (Wildman–Crippen LogP) is 4.02. The van der Waals surface area contributed by atoms with Crippen molar-refractivity contribution in [1.82, 2.24) is 14.9 Å². The molecule has 29 heavy (non-hydrogen) atoms. The molecule has 8 heteroatoms. The van der Waals surface area contributed by atoms with Gasteiger partial charge in [0.1, 0.15) is 5.75 Å². The Balaban J connectivity index is 1.50. The summed E-state index contributed by atoms with van der Waals surface area (Å²) in [6.07, 6.45) is 8.59. The molecule has 0 saturated heterocycles. The van der Waals surface area contributed by atoms with Gasteiger partial charge in [0.2, 0.25) is 11.1 Å². The standard InChI is InChI=1S/C21H31N5O2S/c1-3-28-18-12-10-17(11-13-18)23-20(27)15(2)29-21-25-24-19(26(21)22)14-9-16-7-5-4-6-8-16/h10-13,15-16H,3-9,14,22H2,1-2H3,(H,23,27)/t15-/m1/s1. The fourth-order valence-electron chi connectivity index (χ4n) is 3.62. The van der Waals surface area contributed by atoms with Crippen LogP contribution in [0.2, 0.25) is 0 Å². The number of hydrogen-bond acceptors (Lipinski definition) is 6. The average molecular weight is 418 g/mol. The number of benzene rings is 1. The highest BCUT2D eigenvalue weighted by molar-refractivity contribution is 8.00. The van der Waals surface area contributed by atoms with Crippen LogP contribution in [-0.2, 0) is 11.2 Å². The zero-order chi connectivity index (χ0) is 20.6. The maximum Gasteiger partial charge on any atom is 0.237 e. The summed E-state index contributed by atoms with van der Waals surface area (Å²) in [7, 11) is 0. The fraction of sp³-hybridized carbons (Fsp3) is 0.571. The molecule has 158 valence electrons. The Morgan fingerprint density at radius 1 is 1.28 bits per heavy atom. The van der Waals surface area contributed by atoms with Crippen molar-refractivity contribution in [3.63, 3.8) is 0 Å². The van der Waals surface area contributed by atoms with E-state index >= 15 is 0 Å². The minimum absolute atomic E-state index is 0.106. The molecule has 0 radical (unpaired) electrons. The number of carbonyl (C=O) groups excluding carboxylic acids is 1. The van der Waals surface area contributed by atoms with Gasteiger partial charge in [-0.3, -0.25) is 4.79 Å². The first kappa shape index (κ1) is 21.5. The third-order valence-electron chi connectivity index (χ3n) is 5.32. The lowest BCUT2D eigenvalue weighted by Gasteiger charge is -2.20. The summed E-state index contributed by atoms with van der Waals surface area (Å²) < 4.78 is 6.95. The molecule has 0 aliphatic heterocycles. The van der Waals surface area contributed by atoms with Crippen molar-refractivity contribution < 1.29 is 9.53 Å². The highest BCUT2D eigenvalue weighted by Gasteiger charge is 2.20. The molecule has 1 atom stereocenters. The number of anilines is 1. The number of nitrogens with zero attached hydrogens (tertiary/aromatic N) is 3. The van der Waals surface area contributed by atoms with Crippen LogP contribution in [0.4, 0.5) is 5.69 Å². The van der Waals surface area contributed by atoms with Crippen LogP contribution in [0.1, 0.15) is 58.2 Å². The molecular formula is C21H31N5O2S. The highest BCUT2D eigenvalue weighted by atomic mass is 32.2. The number of rotatable bonds is 9. The molecule has 0 unspecified atom stereocenters. The first-order chi connectivity index (χ1) is 14.1. The van der Waals surface area contributed by atoms with E-state index in [2.05, 4.69) is 15.5 Å². The van der Waals surface area contributed by atoms with Crippen LogP contribution in [-0.4, -0.2) is 32.6 Å². The molecule has 1 aliphatic carbocycles. The predicted molar refractivity (Wildman–Crippen MR) is 117 cm³/mol. The van der Waals surface area contributed by atoms with E-state index in [0.29, 0.717) is 11.8 Å². The molecule has 3 rings (SSSR count). The number of thioether (sulfide) groups is 1. The van der Waals surface area contributed by atoms with Gasteiger partial charge in [-0.25, -0.2) is 4.68 Å². The maximum atomic E-state index is 12.5. The lowest BCUT2D eigenvalue weighted by atomic mass is 9.86. The van der Waals surface area contributed by atoms with Crippen LogP contribution in [0.5, 0.6) is 5.75 Å². The van der Waals surface area contributed by atoms with E-state index in [-0.39, 0.29) is 11.2 Å². The lowest BCUT2D eigenvalue weighted by molar-refractivity contribution is -0.115. The lowest BCUT2D eigenvalue weighted by Crippen LogP contribution is -2.24. The van der Waals surface area contributed by atoms with Gasteiger partial charge in [0.05, 0.1) is 11.9 Å². The third-order valence-corrected chi connectivity index (χ3v) is 6.38. The van der Waals surface area contributed by atoms with Gasteiger partial charge in [0, 0.05) is 12.1 Å². The molecule has 1 aromatic heterocycles. The monoisotopic (exact) mass is 417 g/mol. The van der Waals surface area contributed by atoms with Crippen molar-refractivity contribution in [2.75, 3.05) is 17.8 Å². The van der Waals surface area contributed by atoms with Gasteiger partial charge in [0.25, 0.3) is 0 Å². The van der Waals surface area contributed by atoms with Crippen molar-refractivity contribution in [2.24, 2.45) is 5.92 Å². The van der Waals surface area contributed by atoms with Gasteiger partial charge in [0.15, 0.2) is 5.82 Å². The third kappa shape index (κ3) is 6.13. The second kappa shape index (κ2) is 10.5. The molecule has 1 heterocycles. The fourth-order valence-corrected chi connectivity index (χ4v) is 4.41. The number of nitrogens with two attached hydrogens (primary N) is 1. The topological polar surface area (TPSA) is 95.1 Å². The molecule has 2 aromatic rings. The van der Waals surface area contributed by atoms with Crippen molar-refractivity contribution >= 4 is 23.4 Å². The number of nitrogen functional groups attached to an aromatic ring is 1. The molecule has 3 N–H and O–H groups in total. The van der Waals surface area contributed by atoms with E-state index < -0.39 is 0 Å². The molecular weight excluding hydrogens is 386 g/mol. The number of hydrogen-bond donors (Lipinski definition) is 2. The van der Waals surface area contributed by atoms with Gasteiger partial charge in [-0.05, 0) is 50.5 Å². The summed E-state index contributed by atoms with van der Waals surface area (Å²) in [5.41, 5.74) is 0.730. The van der Waals surface area contributed by atoms with E-state index in [4.69, 9.17) is 10.6 Å². The van der Waals surface area contributed by atoms with Crippen LogP contribution < -0.4 is 15.9 Å². The number of amides is 1. The molecule has 1 aliphatic rings. The van der Waals surface area contributed by atoms with Crippen LogP contribution in [0, 0.1) is 5.92 Å². The average Bonchev–Trinajstić information content (AvgIpc) is 3.08. The van der Waals surface area contributed by atoms with Crippen LogP contribution in [0.3, 0.4) is 0 Å². The molecule has 0 bridgehead atoms. The highest BCUT2D eigenvalue weighted by Crippen LogP contribution is 2.28. The molecule has 1 aromatic carbocycles. The summed E-state index contributed by atoms with van der Waals surface area (Å²) in [6, 6.07) is 7.34. The Kier molecular flexibility index (Phi) is 7.80. The SMILES string of the molecule is CCOc1ccc(NC(=O)[C@@H](C)Sc2nnc(CCC3CCCCC3)n2N)cc1. The second-order valence-corrected chi connectivity index (χ2v) is 8.83. The van der Waals surface area contributed by atoms with Crippen molar-refractivity contribution in [2.45, 2.75) is 69.2 Å². The summed E-state index contributed by atoms with van der Waals surface area (Å²) in [4.78, 5) is 12.5. The Bertz CT molecular complexity index is 787. The van der Waals surface area contributed by atoms with E-state index in [1.54, 1.807) is 0 Å². The summed E-state index contributed by atoms with van der Waals surface area (Å²) in [5, 5.41) is 11.6. The van der Waals surface area contributed by atoms with Gasteiger partial charge < -0.3 is 15.9 Å². The summed E-state index contributed by atoms with van der Waals surface area (Å²) >= 11 is 1.32. The van der Waals surface area contributed by atoms with Gasteiger partial charge in [-0.15, -0.1) is 10.2 Å². The minimum atomic E-state index is -0.348. The zero-order valence-corrected chi connectivity index (χ0v) is 18.1. The van der Waals surface area contributed by atoms with E-state index in [1.807, 2.05) is 38.1 Å². The summed E-state index contributed by atoms with van der Waals surface area (Å²) in [5.74, 6) is 8.43. The van der Waals surface area contributed by atoms with Crippen LogP contribution in [0.15, 0.2) is 29.4 Å². The van der Waals surface area contributed by atoms with Crippen molar-refractivity contribution in [1.29, 1.82) is 0 Å². The molecule has 1 amide bonds. The number of ether oxygens (including phenoxy) is 1. The van der Waals surface area contributed by atoms with Gasteiger partial charge in [-0.2, -0.15) is 0 Å². The number of nitrogens with one attached hydrogen (secondary N) is 1. The first-order valence-electron chi connectivity index (χ1n) is 10.5. The van der Waals surface area contributed by atoms with Crippen molar-refractivity contribution in [3.05, 3.63) is 30.1 Å². The molecule has 1 saturated carbocycles. The maximum absolute atomic E-state index is 12.5. The molecule has 1 fully saturated rings. The minimum Gasteiger partial charge on any atom is -0.494 e. The molecule has 0 spiro atoms. The smallest absolute Gasteiger partial charge is 0.237 e. The number of aryl methyl sites for hydroxylation is 1. The Morgan fingerprint density at radius 3 is 2.69 bits per heavy atom. The number of aromatic nitrogens is 3. The quantitative estimate of drug-likeness (QED) is 0.473. The first-order valence-corrected chi connectivity index (χ1v) is 11.3.